The third-order valence-corrected chi connectivity index (χ3v) is 11.2. The van der Waals surface area contributed by atoms with Gasteiger partial charge in [-0.05, 0) is 106 Å². The standard InChI is InChI=1S/C30H38N4O/c1-18-13-19(2)32-28(31-18)34-17-22-15-29-10-9-23(34)26(22)30(29)11-12-33(16-20-7-8-20)25(29)14-21-5-4-6-24(35-3)27(21)30/h4-6,13,20,22-23,25-26H,7-12,14-17H2,1-3H3/t22-,23?,25?,26?,29?,30?/m1/s1. The second-order valence-electron chi connectivity index (χ2n) is 12.7. The summed E-state index contributed by atoms with van der Waals surface area (Å²) in [7, 11) is 1.89. The van der Waals surface area contributed by atoms with E-state index < -0.39 is 0 Å². The van der Waals surface area contributed by atoms with Crippen LogP contribution in [0, 0.1) is 37.0 Å². The number of likely N-dealkylation sites (tertiary alicyclic amines) is 1. The zero-order valence-electron chi connectivity index (χ0n) is 21.5. The van der Waals surface area contributed by atoms with Crippen molar-refractivity contribution in [1.29, 1.82) is 0 Å². The highest BCUT2D eigenvalue weighted by molar-refractivity contribution is 5.56. The van der Waals surface area contributed by atoms with Crippen LogP contribution in [-0.4, -0.2) is 53.7 Å². The Hall–Kier alpha value is -2.14. The molecule has 4 aliphatic carbocycles. The Morgan fingerprint density at radius 1 is 1.09 bits per heavy atom. The van der Waals surface area contributed by atoms with Gasteiger partial charge < -0.3 is 9.64 Å². The van der Waals surface area contributed by atoms with Crippen molar-refractivity contribution in [1.82, 2.24) is 14.9 Å². The van der Waals surface area contributed by atoms with Gasteiger partial charge >= 0.3 is 0 Å². The number of aryl methyl sites for hydroxylation is 2. The summed E-state index contributed by atoms with van der Waals surface area (Å²) in [6, 6.07) is 10.3. The number of methoxy groups -OCH3 is 1. The first kappa shape index (κ1) is 21.0. The van der Waals surface area contributed by atoms with Crippen LogP contribution in [0.5, 0.6) is 5.75 Å². The molecule has 4 bridgehead atoms. The first-order chi connectivity index (χ1) is 17.0. The summed E-state index contributed by atoms with van der Waals surface area (Å²) < 4.78 is 6.15. The van der Waals surface area contributed by atoms with E-state index in [9.17, 15) is 0 Å². The Balaban J connectivity index is 1.29. The average Bonchev–Trinajstić information content (AvgIpc) is 3.53. The molecule has 8 rings (SSSR count). The zero-order valence-corrected chi connectivity index (χ0v) is 21.5. The van der Waals surface area contributed by atoms with E-state index in [-0.39, 0.29) is 5.41 Å². The van der Waals surface area contributed by atoms with Crippen molar-refractivity contribution >= 4 is 5.95 Å². The average molecular weight is 471 g/mol. The number of hydrogen-bond donors (Lipinski definition) is 0. The van der Waals surface area contributed by atoms with Gasteiger partial charge in [-0.25, -0.2) is 9.97 Å². The number of aromatic nitrogens is 2. The Morgan fingerprint density at radius 2 is 1.91 bits per heavy atom. The molecule has 2 aliphatic heterocycles. The molecule has 3 saturated carbocycles. The lowest BCUT2D eigenvalue weighted by atomic mass is 9.43. The Bertz CT molecular complexity index is 1190. The van der Waals surface area contributed by atoms with Gasteiger partial charge in [-0.3, -0.25) is 4.90 Å². The minimum Gasteiger partial charge on any atom is -0.496 e. The maximum Gasteiger partial charge on any atom is 0.226 e. The minimum atomic E-state index is 0.235. The first-order valence-corrected chi connectivity index (χ1v) is 14.0. The van der Waals surface area contributed by atoms with Gasteiger partial charge in [0.2, 0.25) is 5.95 Å². The SMILES string of the molecule is COc1cccc2c1C13CCN(CC4CC4)C(C2)C12CCC1C3[C@@H](CN1c1nc(C)cc(C)n1)C2. The van der Waals surface area contributed by atoms with Gasteiger partial charge in [-0.1, -0.05) is 12.1 Å². The van der Waals surface area contributed by atoms with Crippen LogP contribution in [0.15, 0.2) is 24.3 Å². The monoisotopic (exact) mass is 470 g/mol. The van der Waals surface area contributed by atoms with Crippen LogP contribution in [0.4, 0.5) is 5.95 Å². The van der Waals surface area contributed by atoms with Crippen LogP contribution in [-0.2, 0) is 11.8 Å². The van der Waals surface area contributed by atoms with Crippen molar-refractivity contribution in [3.05, 3.63) is 46.8 Å². The molecule has 5 unspecified atom stereocenters. The van der Waals surface area contributed by atoms with Crippen LogP contribution < -0.4 is 9.64 Å². The molecule has 2 aromatic rings. The Labute approximate surface area is 209 Å². The van der Waals surface area contributed by atoms with E-state index in [1.165, 1.54) is 58.0 Å². The number of rotatable bonds is 4. The lowest BCUT2D eigenvalue weighted by Gasteiger charge is -2.66. The third-order valence-electron chi connectivity index (χ3n) is 11.2. The largest absolute Gasteiger partial charge is 0.496 e. The molecular formula is C30H38N4O. The van der Waals surface area contributed by atoms with Crippen molar-refractivity contribution in [2.24, 2.45) is 23.2 Å². The molecule has 5 nitrogen and oxygen atoms in total. The molecule has 1 aromatic heterocycles. The number of piperidine rings is 1. The number of anilines is 1. The summed E-state index contributed by atoms with van der Waals surface area (Å²) in [4.78, 5) is 15.5. The van der Waals surface area contributed by atoms with Gasteiger partial charge in [-0.15, -0.1) is 0 Å². The van der Waals surface area contributed by atoms with Gasteiger partial charge in [0.1, 0.15) is 5.75 Å². The Morgan fingerprint density at radius 3 is 2.69 bits per heavy atom. The molecule has 6 atom stereocenters. The molecular weight excluding hydrogens is 432 g/mol. The van der Waals surface area contributed by atoms with E-state index in [0.717, 1.165) is 41.5 Å². The van der Waals surface area contributed by atoms with Crippen LogP contribution >= 0.6 is 0 Å². The van der Waals surface area contributed by atoms with Gasteiger partial charge in [0.15, 0.2) is 0 Å². The van der Waals surface area contributed by atoms with Gasteiger partial charge in [0.05, 0.1) is 7.11 Å². The normalized spacial score (nSPS) is 38.9. The second kappa shape index (κ2) is 7.00. The van der Waals surface area contributed by atoms with Crippen molar-refractivity contribution < 1.29 is 4.74 Å². The molecule has 0 amide bonds. The fraction of sp³-hybridized carbons (Fsp3) is 0.667. The van der Waals surface area contributed by atoms with Crippen LogP contribution in [0.3, 0.4) is 0 Å². The summed E-state index contributed by atoms with van der Waals surface area (Å²) >= 11 is 0. The van der Waals surface area contributed by atoms with E-state index in [4.69, 9.17) is 14.7 Å². The number of benzene rings is 1. The second-order valence-corrected chi connectivity index (χ2v) is 12.7. The van der Waals surface area contributed by atoms with Crippen LogP contribution in [0.25, 0.3) is 0 Å². The molecule has 5 fully saturated rings. The Kier molecular flexibility index (Phi) is 4.20. The van der Waals surface area contributed by atoms with E-state index in [1.807, 2.05) is 7.11 Å². The number of nitrogens with zero attached hydrogens (tertiary/aromatic N) is 4. The molecule has 184 valence electrons. The fourth-order valence-corrected chi connectivity index (χ4v) is 10.2. The summed E-state index contributed by atoms with van der Waals surface area (Å²) in [5.74, 6) is 4.50. The molecule has 0 N–H and O–H groups in total. The van der Waals surface area contributed by atoms with Gasteiger partial charge in [0.25, 0.3) is 0 Å². The lowest BCUT2D eigenvalue weighted by molar-refractivity contribution is -0.0929. The maximum absolute atomic E-state index is 6.15. The maximum atomic E-state index is 6.15. The van der Waals surface area contributed by atoms with E-state index in [1.54, 1.807) is 11.1 Å². The van der Waals surface area contributed by atoms with Crippen LogP contribution in [0.1, 0.15) is 61.0 Å². The third kappa shape index (κ3) is 2.58. The minimum absolute atomic E-state index is 0.235. The molecule has 1 aromatic carbocycles. The van der Waals surface area contributed by atoms with Crippen LogP contribution in [0.2, 0.25) is 0 Å². The topological polar surface area (TPSA) is 41.5 Å². The lowest BCUT2D eigenvalue weighted by Crippen LogP contribution is -2.70. The van der Waals surface area contributed by atoms with Crippen molar-refractivity contribution in [2.75, 3.05) is 31.6 Å². The molecule has 3 heterocycles. The van der Waals surface area contributed by atoms with E-state index in [0.29, 0.717) is 23.4 Å². The molecule has 5 heteroatoms. The van der Waals surface area contributed by atoms with Crippen molar-refractivity contribution in [2.45, 2.75) is 76.3 Å². The summed E-state index contributed by atoms with van der Waals surface area (Å²) in [6.07, 6.45) is 9.41. The summed E-state index contributed by atoms with van der Waals surface area (Å²) in [5, 5.41) is 0. The quantitative estimate of drug-likeness (QED) is 0.649. The predicted octanol–water partition coefficient (Wildman–Crippen LogP) is 4.69. The van der Waals surface area contributed by atoms with E-state index >= 15 is 0 Å². The highest BCUT2D eigenvalue weighted by Gasteiger charge is 2.76. The molecule has 2 saturated heterocycles. The van der Waals surface area contributed by atoms with Crippen molar-refractivity contribution in [3.8, 4) is 5.75 Å². The molecule has 0 spiro atoms. The molecule has 6 aliphatic rings. The smallest absolute Gasteiger partial charge is 0.226 e. The summed E-state index contributed by atoms with van der Waals surface area (Å²) in [6.45, 7) is 7.95. The predicted molar refractivity (Wildman–Crippen MR) is 137 cm³/mol. The van der Waals surface area contributed by atoms with E-state index in [2.05, 4.69) is 47.9 Å². The number of fused-ring (bicyclic) bond motifs is 1. The van der Waals surface area contributed by atoms with Crippen molar-refractivity contribution in [3.63, 3.8) is 0 Å². The van der Waals surface area contributed by atoms with Gasteiger partial charge in [-0.2, -0.15) is 0 Å². The highest BCUT2D eigenvalue weighted by Crippen LogP contribution is 2.76. The molecule has 0 radical (unpaired) electrons. The molecule has 35 heavy (non-hydrogen) atoms. The number of hydrogen-bond acceptors (Lipinski definition) is 5. The number of ether oxygens (including phenoxy) is 1. The zero-order chi connectivity index (χ0) is 23.5. The first-order valence-electron chi connectivity index (χ1n) is 14.0. The summed E-state index contributed by atoms with van der Waals surface area (Å²) in [5.41, 5.74) is 6.00. The van der Waals surface area contributed by atoms with Gasteiger partial charge in [0, 0.05) is 47.5 Å². The highest BCUT2D eigenvalue weighted by atomic mass is 16.5. The fourth-order valence-electron chi connectivity index (χ4n) is 10.2.